The lowest BCUT2D eigenvalue weighted by Gasteiger charge is -2.26. The highest BCUT2D eigenvalue weighted by Gasteiger charge is 2.34. The highest BCUT2D eigenvalue weighted by Crippen LogP contribution is 2.33. The van der Waals surface area contributed by atoms with Gasteiger partial charge in [0.25, 0.3) is 5.56 Å². The van der Waals surface area contributed by atoms with Crippen molar-refractivity contribution in [3.05, 3.63) is 89.4 Å². The van der Waals surface area contributed by atoms with E-state index in [-0.39, 0.29) is 12.2 Å². The lowest BCUT2D eigenvalue weighted by Crippen LogP contribution is -2.40. The molecule has 36 heavy (non-hydrogen) atoms. The standard InChI is InChI=1S/C29H35N3O3S/c1-8-10-23-25(28(34)35-9-2)26(21-13-11-20(12-14-21)17(3)4)32-27(33)24(36-29(32)30-23)16-22-15-18(5)31(7)19(22)6/h11-17,26H,8-10H2,1-7H3/b24-16+/t26-/m0/s1. The van der Waals surface area contributed by atoms with Gasteiger partial charge in [0.05, 0.1) is 28.5 Å². The molecule has 0 saturated heterocycles. The minimum Gasteiger partial charge on any atom is -0.463 e. The van der Waals surface area contributed by atoms with Crippen molar-refractivity contribution in [1.29, 1.82) is 0 Å². The van der Waals surface area contributed by atoms with Crippen LogP contribution in [0.15, 0.2) is 51.4 Å². The first-order valence-corrected chi connectivity index (χ1v) is 13.4. The van der Waals surface area contributed by atoms with Crippen molar-refractivity contribution in [2.45, 2.75) is 66.3 Å². The molecule has 4 rings (SSSR count). The molecule has 1 atom stereocenters. The van der Waals surface area contributed by atoms with Gasteiger partial charge in [-0.3, -0.25) is 9.36 Å². The van der Waals surface area contributed by atoms with Crippen molar-refractivity contribution in [3.8, 4) is 0 Å². The number of ether oxygens (including phenoxy) is 1. The molecule has 0 fully saturated rings. The first-order chi connectivity index (χ1) is 17.2. The molecule has 1 aliphatic heterocycles. The minimum atomic E-state index is -0.580. The van der Waals surface area contributed by atoms with E-state index < -0.39 is 12.0 Å². The van der Waals surface area contributed by atoms with Gasteiger partial charge < -0.3 is 9.30 Å². The summed E-state index contributed by atoms with van der Waals surface area (Å²) in [4.78, 5) is 32.6. The van der Waals surface area contributed by atoms with Crippen LogP contribution in [0.1, 0.15) is 80.6 Å². The van der Waals surface area contributed by atoms with Gasteiger partial charge in [0.1, 0.15) is 0 Å². The van der Waals surface area contributed by atoms with Crippen molar-refractivity contribution < 1.29 is 9.53 Å². The van der Waals surface area contributed by atoms with Crippen LogP contribution in [0.3, 0.4) is 0 Å². The van der Waals surface area contributed by atoms with Gasteiger partial charge in [-0.25, -0.2) is 9.79 Å². The summed E-state index contributed by atoms with van der Waals surface area (Å²) < 4.78 is 9.87. The van der Waals surface area contributed by atoms with Gasteiger partial charge in [-0.2, -0.15) is 0 Å². The Labute approximate surface area is 216 Å². The molecule has 3 heterocycles. The van der Waals surface area contributed by atoms with Crippen molar-refractivity contribution in [2.75, 3.05) is 6.61 Å². The van der Waals surface area contributed by atoms with Crippen LogP contribution in [-0.4, -0.2) is 21.7 Å². The van der Waals surface area contributed by atoms with Gasteiger partial charge in [-0.15, -0.1) is 0 Å². The summed E-state index contributed by atoms with van der Waals surface area (Å²) in [7, 11) is 2.02. The SMILES string of the molecule is CCCC1=C(C(=O)OCC)[C@H](c2ccc(C(C)C)cc2)n2c(s/c(=C/c3cc(C)n(C)c3C)c2=O)=N1. The maximum Gasteiger partial charge on any atom is 0.338 e. The quantitative estimate of drug-likeness (QED) is 0.439. The molecule has 6 nitrogen and oxygen atoms in total. The normalized spacial score (nSPS) is 15.9. The molecule has 1 aliphatic rings. The predicted octanol–water partition coefficient (Wildman–Crippen LogP) is 4.66. The summed E-state index contributed by atoms with van der Waals surface area (Å²) in [6.07, 6.45) is 3.41. The van der Waals surface area contributed by atoms with E-state index in [1.807, 2.05) is 32.2 Å². The molecule has 2 aromatic heterocycles. The van der Waals surface area contributed by atoms with Crippen molar-refractivity contribution in [3.63, 3.8) is 0 Å². The number of benzene rings is 1. The molecule has 0 spiro atoms. The van der Waals surface area contributed by atoms with Gasteiger partial charge in [0.2, 0.25) is 0 Å². The predicted molar refractivity (Wildman–Crippen MR) is 145 cm³/mol. The van der Waals surface area contributed by atoms with Crippen LogP contribution in [0.5, 0.6) is 0 Å². The van der Waals surface area contributed by atoms with E-state index in [0.29, 0.717) is 32.9 Å². The Bertz CT molecular complexity index is 1500. The zero-order valence-corrected chi connectivity index (χ0v) is 23.0. The summed E-state index contributed by atoms with van der Waals surface area (Å²) in [5.74, 6) is -0.0271. The largest absolute Gasteiger partial charge is 0.463 e. The Morgan fingerprint density at radius 2 is 1.89 bits per heavy atom. The summed E-state index contributed by atoms with van der Waals surface area (Å²) in [6.45, 7) is 12.5. The summed E-state index contributed by atoms with van der Waals surface area (Å²) >= 11 is 1.38. The molecular formula is C29H35N3O3S. The number of esters is 1. The topological polar surface area (TPSA) is 65.6 Å². The maximum atomic E-state index is 13.9. The van der Waals surface area contributed by atoms with Crippen LogP contribution in [-0.2, 0) is 16.6 Å². The summed E-state index contributed by atoms with van der Waals surface area (Å²) in [5.41, 5.74) is 6.34. The third kappa shape index (κ3) is 4.64. The number of hydrogen-bond acceptors (Lipinski definition) is 5. The monoisotopic (exact) mass is 505 g/mol. The molecule has 0 saturated carbocycles. The van der Waals surface area contributed by atoms with E-state index >= 15 is 0 Å². The van der Waals surface area contributed by atoms with E-state index in [1.54, 1.807) is 11.5 Å². The summed E-state index contributed by atoms with van der Waals surface area (Å²) in [5, 5.41) is 0. The van der Waals surface area contributed by atoms with E-state index in [9.17, 15) is 9.59 Å². The second kappa shape index (κ2) is 10.4. The zero-order valence-electron chi connectivity index (χ0n) is 22.2. The van der Waals surface area contributed by atoms with E-state index in [2.05, 4.69) is 50.5 Å². The molecule has 1 aromatic carbocycles. The Morgan fingerprint density at radius 3 is 2.44 bits per heavy atom. The number of hydrogen-bond donors (Lipinski definition) is 0. The second-order valence-corrected chi connectivity index (χ2v) is 10.6. The average Bonchev–Trinajstić information content (AvgIpc) is 3.28. The van der Waals surface area contributed by atoms with E-state index in [4.69, 9.17) is 9.73 Å². The molecule has 0 radical (unpaired) electrons. The van der Waals surface area contributed by atoms with Gasteiger partial charge in [-0.05, 0) is 61.9 Å². The molecule has 0 aliphatic carbocycles. The second-order valence-electron chi connectivity index (χ2n) is 9.62. The third-order valence-corrected chi connectivity index (χ3v) is 7.89. The Morgan fingerprint density at radius 1 is 1.19 bits per heavy atom. The van der Waals surface area contributed by atoms with E-state index in [0.717, 1.165) is 28.9 Å². The smallest absolute Gasteiger partial charge is 0.338 e. The zero-order chi connectivity index (χ0) is 26.1. The van der Waals surface area contributed by atoms with E-state index in [1.165, 1.54) is 16.9 Å². The van der Waals surface area contributed by atoms with Crippen LogP contribution >= 0.6 is 11.3 Å². The van der Waals surface area contributed by atoms with Gasteiger partial charge in [0.15, 0.2) is 4.80 Å². The van der Waals surface area contributed by atoms with Crippen LogP contribution < -0.4 is 14.9 Å². The highest BCUT2D eigenvalue weighted by atomic mass is 32.1. The fourth-order valence-electron chi connectivity index (χ4n) is 4.67. The lowest BCUT2D eigenvalue weighted by molar-refractivity contribution is -0.139. The number of aryl methyl sites for hydroxylation is 1. The number of allylic oxidation sites excluding steroid dienone is 1. The molecule has 3 aromatic rings. The number of fused-ring (bicyclic) bond motifs is 1. The van der Waals surface area contributed by atoms with Crippen LogP contribution in [0.2, 0.25) is 0 Å². The van der Waals surface area contributed by atoms with Gasteiger partial charge >= 0.3 is 5.97 Å². The first kappa shape index (κ1) is 25.9. The summed E-state index contributed by atoms with van der Waals surface area (Å²) in [6, 6.07) is 9.71. The van der Waals surface area contributed by atoms with Crippen molar-refractivity contribution in [2.24, 2.45) is 12.0 Å². The number of nitrogens with zero attached hydrogens (tertiary/aromatic N) is 3. The Hall–Kier alpha value is -3.19. The molecule has 0 N–H and O–H groups in total. The fraction of sp³-hybridized carbons (Fsp3) is 0.414. The Balaban J connectivity index is 1.99. The molecule has 0 amide bonds. The Kier molecular flexibility index (Phi) is 7.50. The number of carbonyl (C=O) groups excluding carboxylic acids is 1. The first-order valence-electron chi connectivity index (χ1n) is 12.6. The third-order valence-electron chi connectivity index (χ3n) is 6.91. The maximum absolute atomic E-state index is 13.9. The van der Waals surface area contributed by atoms with Crippen LogP contribution in [0, 0.1) is 13.8 Å². The molecule has 7 heteroatoms. The number of aromatic nitrogens is 2. The number of thiazole rings is 1. The fourth-order valence-corrected chi connectivity index (χ4v) is 5.68. The van der Waals surface area contributed by atoms with Crippen LogP contribution in [0.4, 0.5) is 0 Å². The average molecular weight is 506 g/mol. The lowest BCUT2D eigenvalue weighted by atomic mass is 9.92. The number of carbonyl (C=O) groups is 1. The molecular weight excluding hydrogens is 470 g/mol. The van der Waals surface area contributed by atoms with Crippen molar-refractivity contribution >= 4 is 23.4 Å². The highest BCUT2D eigenvalue weighted by molar-refractivity contribution is 7.07. The molecule has 190 valence electrons. The van der Waals surface area contributed by atoms with Gasteiger partial charge in [0, 0.05) is 18.4 Å². The molecule has 0 unspecified atom stereocenters. The minimum absolute atomic E-state index is 0.144. The molecule has 0 bridgehead atoms. The van der Waals surface area contributed by atoms with Gasteiger partial charge in [-0.1, -0.05) is 62.8 Å². The van der Waals surface area contributed by atoms with Crippen molar-refractivity contribution in [1.82, 2.24) is 9.13 Å². The number of rotatable bonds is 7. The van der Waals surface area contributed by atoms with Crippen LogP contribution in [0.25, 0.3) is 6.08 Å².